The summed E-state index contributed by atoms with van der Waals surface area (Å²) in [5.41, 5.74) is -0.475. The van der Waals surface area contributed by atoms with E-state index in [0.29, 0.717) is 0 Å². The highest BCUT2D eigenvalue weighted by Gasteiger charge is 1.91. The highest BCUT2D eigenvalue weighted by molar-refractivity contribution is 7.46. The van der Waals surface area contributed by atoms with E-state index in [1.807, 2.05) is 0 Å². The van der Waals surface area contributed by atoms with Gasteiger partial charge in [0.25, 0.3) is 0 Å². The Bertz CT molecular complexity index is 71.9. The monoisotopic (exact) mass is 124 g/mol. The fourth-order valence-corrected chi connectivity index (χ4v) is 0.220. The lowest BCUT2D eigenvalue weighted by molar-refractivity contribution is -0.109. The molecular weight excluding hydrogens is 122 g/mol. The number of carbonyl (C=O) groups is 1. The molecule has 0 unspecified atom stereocenters. The Morgan fingerprint density at radius 2 is 2.33 bits per heavy atom. The summed E-state index contributed by atoms with van der Waals surface area (Å²) < 4.78 is 9.40. The van der Waals surface area contributed by atoms with E-state index in [0.717, 1.165) is 0 Å². The average molecular weight is 124 g/mol. The fourth-order valence-electron chi connectivity index (χ4n) is 0.0244. The molecule has 0 aliphatic rings. The Hall–Kier alpha value is 0.0600. The normalized spacial score (nSPS) is 8.83. The fraction of sp³-hybridized carbons (Fsp3) is 0.500. The molecule has 0 aromatic rings. The van der Waals surface area contributed by atoms with Gasteiger partial charge in [0, 0.05) is 0 Å². The lowest BCUT2D eigenvalue weighted by Gasteiger charge is -1.67. The van der Waals surface area contributed by atoms with Gasteiger partial charge in [0.15, 0.2) is 0 Å². The Balaban J connectivity index is 3.23. The Morgan fingerprint density at radius 3 is 2.33 bits per heavy atom. The van der Waals surface area contributed by atoms with Gasteiger partial charge in [0.1, 0.15) is 0 Å². The third kappa shape index (κ3) is 2.31. The first kappa shape index (κ1) is 6.06. The minimum atomic E-state index is -0.493. The lowest BCUT2D eigenvalue weighted by atomic mass is 10.9. The van der Waals surface area contributed by atoms with E-state index in [1.54, 1.807) is 0 Å². The quantitative estimate of drug-likeness (QED) is 0.407. The van der Waals surface area contributed by atoms with Gasteiger partial charge in [-0.2, -0.15) is 0 Å². The standard InChI is InChI=1S/C2H2ClO2P/c3-1-2(4)6-5/h1H2. The molecule has 0 N–H and O–H groups in total. The first-order chi connectivity index (χ1) is 2.81. The third-order valence-electron chi connectivity index (χ3n) is 0.216. The van der Waals surface area contributed by atoms with Crippen LogP contribution in [0.5, 0.6) is 0 Å². The zero-order valence-corrected chi connectivity index (χ0v) is 4.50. The second-order valence-corrected chi connectivity index (χ2v) is 1.57. The van der Waals surface area contributed by atoms with Gasteiger partial charge in [-0.15, -0.1) is 11.6 Å². The minimum absolute atomic E-state index is 0.162. The van der Waals surface area contributed by atoms with Gasteiger partial charge in [-0.3, -0.25) is 9.36 Å². The zero-order chi connectivity index (χ0) is 4.99. The van der Waals surface area contributed by atoms with Gasteiger partial charge in [0.05, 0.1) is 5.88 Å². The zero-order valence-electron chi connectivity index (χ0n) is 2.85. The highest BCUT2D eigenvalue weighted by atomic mass is 35.5. The Kier molecular flexibility index (Phi) is 3.29. The van der Waals surface area contributed by atoms with Crippen LogP contribution in [-0.2, 0) is 9.36 Å². The topological polar surface area (TPSA) is 34.1 Å². The number of rotatable bonds is 2. The van der Waals surface area contributed by atoms with E-state index in [9.17, 15) is 9.36 Å². The molecule has 0 atom stereocenters. The predicted octanol–water partition coefficient (Wildman–Crippen LogP) is 1.04. The molecule has 0 spiro atoms. The maximum absolute atomic E-state index is 9.72. The van der Waals surface area contributed by atoms with Crippen molar-refractivity contribution in [2.75, 3.05) is 5.88 Å². The molecule has 0 heterocycles. The molecule has 0 aliphatic carbocycles. The summed E-state index contributed by atoms with van der Waals surface area (Å²) in [6, 6.07) is 0. The number of hydrogen-bond acceptors (Lipinski definition) is 2. The summed E-state index contributed by atoms with van der Waals surface area (Å²) in [7, 11) is -0.493. The molecule has 0 amide bonds. The van der Waals surface area contributed by atoms with Crippen LogP contribution < -0.4 is 0 Å². The smallest absolute Gasteiger partial charge is 0.237 e. The molecule has 0 rings (SSSR count). The molecule has 34 valence electrons. The second kappa shape index (κ2) is 3.26. The molecule has 6 heavy (non-hydrogen) atoms. The van der Waals surface area contributed by atoms with Crippen molar-refractivity contribution in [3.63, 3.8) is 0 Å². The predicted molar refractivity (Wildman–Crippen MR) is 23.3 cm³/mol. The van der Waals surface area contributed by atoms with Gasteiger partial charge in [-0.05, 0) is 0 Å². The number of carbonyl (C=O) groups excluding carboxylic acids is 1. The van der Waals surface area contributed by atoms with Crippen LogP contribution in [0.2, 0.25) is 0 Å². The number of hydrogen-bond donors (Lipinski definition) is 0. The molecule has 0 aromatic carbocycles. The van der Waals surface area contributed by atoms with Gasteiger partial charge in [-0.1, -0.05) is 0 Å². The van der Waals surface area contributed by atoms with Gasteiger partial charge >= 0.3 is 0 Å². The summed E-state index contributed by atoms with van der Waals surface area (Å²) in [6.45, 7) is 0. The van der Waals surface area contributed by atoms with Gasteiger partial charge in [0.2, 0.25) is 14.0 Å². The van der Waals surface area contributed by atoms with Crippen molar-refractivity contribution in [1.29, 1.82) is 0 Å². The van der Waals surface area contributed by atoms with Crippen LogP contribution in [0.3, 0.4) is 0 Å². The van der Waals surface area contributed by atoms with E-state index in [1.165, 1.54) is 0 Å². The van der Waals surface area contributed by atoms with Crippen molar-refractivity contribution in [2.24, 2.45) is 0 Å². The van der Waals surface area contributed by atoms with Crippen molar-refractivity contribution in [3.05, 3.63) is 0 Å². The summed E-state index contributed by atoms with van der Waals surface area (Å²) in [4.78, 5) is 9.72. The molecule has 0 bridgehead atoms. The van der Waals surface area contributed by atoms with Gasteiger partial charge < -0.3 is 0 Å². The maximum Gasteiger partial charge on any atom is 0.237 e. The van der Waals surface area contributed by atoms with Crippen LogP contribution >= 0.6 is 20.1 Å². The van der Waals surface area contributed by atoms with E-state index in [-0.39, 0.29) is 5.88 Å². The molecule has 0 saturated carbocycles. The van der Waals surface area contributed by atoms with Crippen LogP contribution in [0.25, 0.3) is 0 Å². The van der Waals surface area contributed by atoms with Crippen LogP contribution in [0.15, 0.2) is 0 Å². The van der Waals surface area contributed by atoms with Crippen LogP contribution in [0.4, 0.5) is 0 Å². The third-order valence-corrected chi connectivity index (χ3v) is 1.01. The minimum Gasteiger partial charge on any atom is -0.285 e. The Labute approximate surface area is 41.7 Å². The van der Waals surface area contributed by atoms with E-state index in [4.69, 9.17) is 11.6 Å². The summed E-state index contributed by atoms with van der Waals surface area (Å²) in [6.07, 6.45) is 0. The van der Waals surface area contributed by atoms with E-state index in [2.05, 4.69) is 0 Å². The van der Waals surface area contributed by atoms with Crippen LogP contribution in [-0.4, -0.2) is 11.4 Å². The van der Waals surface area contributed by atoms with Crippen molar-refractivity contribution in [1.82, 2.24) is 0 Å². The largest absolute Gasteiger partial charge is 0.285 e. The van der Waals surface area contributed by atoms with E-state index < -0.39 is 14.0 Å². The summed E-state index contributed by atoms with van der Waals surface area (Å²) >= 11 is 4.90. The van der Waals surface area contributed by atoms with Crippen LogP contribution in [0, 0.1) is 0 Å². The first-order valence-electron chi connectivity index (χ1n) is 1.23. The van der Waals surface area contributed by atoms with Crippen molar-refractivity contribution < 1.29 is 9.36 Å². The van der Waals surface area contributed by atoms with Crippen molar-refractivity contribution in [3.8, 4) is 0 Å². The number of alkyl halides is 1. The molecule has 0 aromatic heterocycles. The van der Waals surface area contributed by atoms with Gasteiger partial charge in [-0.25, -0.2) is 0 Å². The molecule has 2 nitrogen and oxygen atoms in total. The van der Waals surface area contributed by atoms with Crippen molar-refractivity contribution in [2.45, 2.75) is 0 Å². The highest BCUT2D eigenvalue weighted by Crippen LogP contribution is 1.93. The van der Waals surface area contributed by atoms with Crippen molar-refractivity contribution >= 4 is 25.6 Å². The molecule has 0 aliphatic heterocycles. The summed E-state index contributed by atoms with van der Waals surface area (Å²) in [5.74, 6) is -0.162. The number of halogens is 1. The SMILES string of the molecule is O=PC(=O)CCl. The molecule has 0 saturated heterocycles. The molecule has 0 fully saturated rings. The van der Waals surface area contributed by atoms with Crippen LogP contribution in [0.1, 0.15) is 0 Å². The first-order valence-corrected chi connectivity index (χ1v) is 2.58. The second-order valence-electron chi connectivity index (χ2n) is 0.619. The molecular formula is C2H2ClO2P. The average Bonchev–Trinajstić information content (AvgIpc) is 1.65. The lowest BCUT2D eigenvalue weighted by Crippen LogP contribution is -1.82. The van der Waals surface area contributed by atoms with E-state index >= 15 is 0 Å². The summed E-state index contributed by atoms with van der Waals surface area (Å²) in [5, 5.41) is 0. The maximum atomic E-state index is 9.72. The molecule has 0 radical (unpaired) electrons. The molecule has 4 heteroatoms. The Morgan fingerprint density at radius 1 is 1.83 bits per heavy atom.